The van der Waals surface area contributed by atoms with E-state index in [-0.39, 0.29) is 25.4 Å². The zero-order valence-electron chi connectivity index (χ0n) is 25.7. The van der Waals surface area contributed by atoms with Crippen molar-refractivity contribution in [3.8, 4) is 0 Å². The molecule has 5 aliphatic rings. The van der Waals surface area contributed by atoms with Crippen LogP contribution in [0.1, 0.15) is 52.9 Å². The molecule has 0 radical (unpaired) electrons. The van der Waals surface area contributed by atoms with Crippen molar-refractivity contribution < 1.29 is 43.6 Å². The molecule has 1 aliphatic heterocycles. The highest BCUT2D eigenvalue weighted by Gasteiger charge is 2.75. The number of allylic oxidation sites excluding steroid dienone is 4. The fourth-order valence-electron chi connectivity index (χ4n) is 9.22. The van der Waals surface area contributed by atoms with Crippen LogP contribution in [0.5, 0.6) is 0 Å². The Morgan fingerprint density at radius 1 is 1.18 bits per heavy atom. The number of aliphatic hydroxyl groups is 2. The Bertz CT molecular complexity index is 1250. The van der Waals surface area contributed by atoms with Crippen molar-refractivity contribution in [2.24, 2.45) is 28.6 Å². The molecule has 0 spiro atoms. The van der Waals surface area contributed by atoms with Crippen molar-refractivity contribution in [1.82, 2.24) is 9.80 Å². The highest BCUT2D eigenvalue weighted by molar-refractivity contribution is 6.01. The van der Waals surface area contributed by atoms with E-state index >= 15 is 4.39 Å². The van der Waals surface area contributed by atoms with E-state index in [0.29, 0.717) is 64.0 Å². The van der Waals surface area contributed by atoms with Crippen LogP contribution in [0.3, 0.4) is 0 Å². The van der Waals surface area contributed by atoms with Gasteiger partial charge in [0.1, 0.15) is 5.60 Å². The van der Waals surface area contributed by atoms with E-state index in [0.717, 1.165) is 0 Å². The minimum absolute atomic E-state index is 0.0188. The SMILES string of the molecule is C[C@@H]1CC2C3CCC4=CC(=O)C=C[C@]4(C)[C@@]3(F)[C@@H](O)C[C@]2(C)[C@@]1(O)C(=O)COC(=O)CN1CCN(CCCO[N+](=O)[O-])CC1. The van der Waals surface area contributed by atoms with Crippen molar-refractivity contribution >= 4 is 17.5 Å². The minimum atomic E-state index is -2.06. The predicted molar refractivity (Wildman–Crippen MR) is 154 cm³/mol. The van der Waals surface area contributed by atoms with Crippen molar-refractivity contribution in [2.45, 2.75) is 70.2 Å². The Balaban J connectivity index is 1.19. The summed E-state index contributed by atoms with van der Waals surface area (Å²) in [6.07, 6.45) is 4.57. The number of fused-ring (bicyclic) bond motifs is 5. The first-order valence-corrected chi connectivity index (χ1v) is 15.6. The van der Waals surface area contributed by atoms with Crippen LogP contribution >= 0.6 is 0 Å². The van der Waals surface area contributed by atoms with E-state index in [9.17, 15) is 34.7 Å². The van der Waals surface area contributed by atoms with Gasteiger partial charge < -0.3 is 24.7 Å². The normalized spacial score (nSPS) is 40.4. The molecule has 1 heterocycles. The third-order valence-electron chi connectivity index (χ3n) is 11.6. The maximum atomic E-state index is 17.3. The first kappa shape index (κ1) is 32.6. The number of Topliss-reactive ketones (excluding diaryl/α,β-unsaturated/α-hetero) is 1. The van der Waals surface area contributed by atoms with Crippen LogP contribution < -0.4 is 0 Å². The van der Waals surface area contributed by atoms with Crippen molar-refractivity contribution in [2.75, 3.05) is 52.5 Å². The van der Waals surface area contributed by atoms with Crippen LogP contribution in [0, 0.1) is 38.7 Å². The number of aliphatic hydroxyl groups excluding tert-OH is 1. The smallest absolute Gasteiger partial charge is 0.320 e. The second kappa shape index (κ2) is 11.9. The Hall–Kier alpha value is -2.74. The number of esters is 1. The van der Waals surface area contributed by atoms with E-state index in [1.807, 2.05) is 4.90 Å². The number of carbonyl (C=O) groups is 3. The van der Waals surface area contributed by atoms with Gasteiger partial charge in [0.05, 0.1) is 19.3 Å². The van der Waals surface area contributed by atoms with E-state index < -0.39 is 69.4 Å². The van der Waals surface area contributed by atoms with Crippen LogP contribution in [-0.2, 0) is 24.0 Å². The molecule has 0 bridgehead atoms. The molecule has 1 saturated heterocycles. The van der Waals surface area contributed by atoms with Gasteiger partial charge in [-0.15, -0.1) is 10.1 Å². The van der Waals surface area contributed by atoms with E-state index in [4.69, 9.17) is 4.74 Å². The number of halogens is 1. The molecule has 8 atom stereocenters. The average Bonchev–Trinajstić information content (AvgIpc) is 3.17. The maximum absolute atomic E-state index is 17.3. The topological polar surface area (TPSA) is 160 Å². The number of rotatable bonds is 10. The molecule has 5 rings (SSSR count). The Labute approximate surface area is 256 Å². The van der Waals surface area contributed by atoms with E-state index in [1.165, 1.54) is 12.2 Å². The van der Waals surface area contributed by atoms with Gasteiger partial charge in [0.2, 0.25) is 5.78 Å². The molecule has 44 heavy (non-hydrogen) atoms. The number of alkyl halides is 1. The van der Waals surface area contributed by atoms with Crippen LogP contribution in [0.2, 0.25) is 0 Å². The number of ether oxygens (including phenoxy) is 1. The summed E-state index contributed by atoms with van der Waals surface area (Å²) in [5, 5.41) is 33.0. The molecule has 13 heteroatoms. The molecule has 0 aromatic carbocycles. The lowest BCUT2D eigenvalue weighted by Gasteiger charge is -2.62. The molecule has 0 aromatic heterocycles. The summed E-state index contributed by atoms with van der Waals surface area (Å²) in [5.74, 6) is -3.01. The molecule has 0 amide bonds. The van der Waals surface area contributed by atoms with Crippen LogP contribution in [-0.4, -0.2) is 112 Å². The monoisotopic (exact) mass is 621 g/mol. The molecule has 12 nitrogen and oxygen atoms in total. The van der Waals surface area contributed by atoms with Gasteiger partial charge in [0.25, 0.3) is 5.09 Å². The molecule has 4 fully saturated rings. The quantitative estimate of drug-likeness (QED) is 0.158. The Morgan fingerprint density at radius 3 is 2.55 bits per heavy atom. The third kappa shape index (κ3) is 5.19. The molecule has 2 unspecified atom stereocenters. The van der Waals surface area contributed by atoms with Gasteiger partial charge in [-0.2, -0.15) is 0 Å². The molecule has 4 aliphatic carbocycles. The number of hydrogen-bond donors (Lipinski definition) is 2. The summed E-state index contributed by atoms with van der Waals surface area (Å²) in [4.78, 5) is 57.1. The van der Waals surface area contributed by atoms with Gasteiger partial charge >= 0.3 is 5.97 Å². The summed E-state index contributed by atoms with van der Waals surface area (Å²) >= 11 is 0. The van der Waals surface area contributed by atoms with Crippen molar-refractivity contribution in [1.29, 1.82) is 0 Å². The number of piperazine rings is 1. The van der Waals surface area contributed by atoms with Gasteiger partial charge in [0.15, 0.2) is 18.1 Å². The van der Waals surface area contributed by atoms with Crippen LogP contribution in [0.25, 0.3) is 0 Å². The molecular formula is C31H44FN3O9. The van der Waals surface area contributed by atoms with E-state index in [2.05, 4.69) is 9.74 Å². The van der Waals surface area contributed by atoms with Gasteiger partial charge in [0, 0.05) is 49.5 Å². The molecule has 0 aromatic rings. The largest absolute Gasteiger partial charge is 0.457 e. The van der Waals surface area contributed by atoms with Crippen LogP contribution in [0.4, 0.5) is 4.39 Å². The average molecular weight is 622 g/mol. The first-order valence-electron chi connectivity index (χ1n) is 15.6. The maximum Gasteiger partial charge on any atom is 0.320 e. The van der Waals surface area contributed by atoms with Gasteiger partial charge in [-0.1, -0.05) is 25.5 Å². The summed E-state index contributed by atoms with van der Waals surface area (Å²) in [5.41, 5.74) is -5.61. The fourth-order valence-corrected chi connectivity index (χ4v) is 9.22. The van der Waals surface area contributed by atoms with Gasteiger partial charge in [-0.05, 0) is 63.0 Å². The highest BCUT2D eigenvalue weighted by atomic mass is 19.1. The second-order valence-corrected chi connectivity index (χ2v) is 13.8. The van der Waals surface area contributed by atoms with Crippen molar-refractivity contribution in [3.05, 3.63) is 33.9 Å². The molecule has 244 valence electrons. The number of nitrogens with zero attached hydrogens (tertiary/aromatic N) is 3. The lowest BCUT2D eigenvalue weighted by atomic mass is 9.44. The third-order valence-corrected chi connectivity index (χ3v) is 11.6. The summed E-state index contributed by atoms with van der Waals surface area (Å²) < 4.78 is 22.7. The number of ketones is 2. The lowest BCUT2D eigenvalue weighted by molar-refractivity contribution is -0.757. The van der Waals surface area contributed by atoms with E-state index in [1.54, 1.807) is 26.8 Å². The zero-order valence-corrected chi connectivity index (χ0v) is 25.7. The molecule has 3 saturated carbocycles. The Morgan fingerprint density at radius 2 is 1.86 bits per heavy atom. The summed E-state index contributed by atoms with van der Waals surface area (Å²) in [6, 6.07) is 0. The number of carbonyl (C=O) groups excluding carboxylic acids is 3. The predicted octanol–water partition coefficient (Wildman–Crippen LogP) is 1.66. The minimum Gasteiger partial charge on any atom is -0.457 e. The molecular weight excluding hydrogens is 577 g/mol. The summed E-state index contributed by atoms with van der Waals surface area (Å²) in [6.45, 7) is 7.79. The number of hydrogen-bond acceptors (Lipinski definition) is 11. The standard InChI is InChI=1S/C31H44FN3O9/c1-20-15-24-23-6-5-21-16-22(36)7-8-28(21,2)30(23,32)25(37)17-29(24,3)31(20,40)26(38)19-43-27(39)18-34-12-10-33(11-13-34)9-4-14-44-35(41)42/h7-8,16,20,23-25,37,40H,4-6,9-15,17-19H2,1-3H3/t20-,23?,24?,25+,28+,29+,30+,31+/m1/s1. The van der Waals surface area contributed by atoms with Crippen LogP contribution in [0.15, 0.2) is 23.8 Å². The lowest BCUT2D eigenvalue weighted by Crippen LogP contribution is -2.69. The summed E-state index contributed by atoms with van der Waals surface area (Å²) in [7, 11) is 0. The van der Waals surface area contributed by atoms with Gasteiger partial charge in [-0.25, -0.2) is 4.39 Å². The first-order chi connectivity index (χ1) is 20.7. The highest BCUT2D eigenvalue weighted by Crippen LogP contribution is 2.70. The fraction of sp³-hybridized carbons (Fsp3) is 0.774. The zero-order chi connectivity index (χ0) is 32.1. The molecule has 2 N–H and O–H groups in total. The van der Waals surface area contributed by atoms with Crippen molar-refractivity contribution in [3.63, 3.8) is 0 Å². The second-order valence-electron chi connectivity index (χ2n) is 13.8. The van der Waals surface area contributed by atoms with Gasteiger partial charge in [-0.3, -0.25) is 19.3 Å². The Kier molecular flexibility index (Phi) is 8.82.